The van der Waals surface area contributed by atoms with Gasteiger partial charge in [0.05, 0.1) is 6.67 Å². The monoisotopic (exact) mass is 2110 g/mol. The van der Waals surface area contributed by atoms with E-state index in [0.29, 0.717) is 6.42 Å². The summed E-state index contributed by atoms with van der Waals surface area (Å²) in [5, 5.41) is 0. The summed E-state index contributed by atoms with van der Waals surface area (Å²) in [7, 11) is 0. The van der Waals surface area contributed by atoms with Gasteiger partial charge >= 0.3 is 40.2 Å². The SMILES string of the molecule is Cc1ccc(-c2cc[c-]c(-c3ccccn3)c2)cc1.Cc1cccc(-c2[c-]cccc2)n1.FCCc1ccc(-c2cc[c-]c(-c3ccccn3)c2)cc1.[Ir+3].[Ir+3].[Ir].[c-]1ccc(-c2ccccc2)cc1-c1ccccn1.[c-]1ccccc1-c1ccccn1.[c-]1ccccc1-c1ccccn1.[c-]1ccccc1-c1ccccn1.[c-]1ccccc1-c1ccccn1. The molecule has 19 rings (SSSR count). The zero-order chi connectivity index (χ0) is 81.8. The van der Waals surface area contributed by atoms with Crippen molar-refractivity contribution in [3.63, 3.8) is 0 Å². The first-order chi connectivity index (χ1) is 58.8. The summed E-state index contributed by atoms with van der Waals surface area (Å²) in [4.78, 5) is 34.4. The molecule has 0 aliphatic carbocycles. The molecule has 0 atom stereocenters. The zero-order valence-corrected chi connectivity index (χ0v) is 74.2. The summed E-state index contributed by atoms with van der Waals surface area (Å²) in [6.45, 7) is 3.78. The molecule has 8 aromatic heterocycles. The van der Waals surface area contributed by atoms with Gasteiger partial charge in [0.1, 0.15) is 0 Å². The average molecular weight is 2110 g/mol. The van der Waals surface area contributed by atoms with Crippen LogP contribution in [0.5, 0.6) is 0 Å². The number of halogens is 1. The van der Waals surface area contributed by atoms with Crippen LogP contribution in [0, 0.1) is 62.4 Å². The normalized spacial score (nSPS) is 9.80. The molecule has 1 radical (unpaired) electrons. The summed E-state index contributed by atoms with van der Waals surface area (Å²) in [6, 6.07) is 157. The van der Waals surface area contributed by atoms with E-state index in [1.165, 1.54) is 27.8 Å². The fourth-order valence-electron chi connectivity index (χ4n) is 11.8. The Kier molecular flexibility index (Phi) is 39.7. The molecule has 12 heteroatoms. The van der Waals surface area contributed by atoms with Gasteiger partial charge in [-0.15, -0.1) is 286 Å². The molecule has 19 aromatic rings. The smallest absolute Gasteiger partial charge is 0.305 e. The Morgan fingerprint density at radius 3 is 0.746 bits per heavy atom. The van der Waals surface area contributed by atoms with Gasteiger partial charge in [0.15, 0.2) is 0 Å². The molecule has 0 unspecified atom stereocenters. The van der Waals surface area contributed by atoms with Crippen LogP contribution in [0.4, 0.5) is 4.39 Å². The second-order valence-corrected chi connectivity index (χ2v) is 26.4. The average Bonchev–Trinajstić information content (AvgIpc) is 0.837. The summed E-state index contributed by atoms with van der Waals surface area (Å²) < 4.78 is 12.3. The van der Waals surface area contributed by atoms with Crippen molar-refractivity contribution in [3.8, 4) is 123 Å². The number of aromatic nitrogens is 8. The van der Waals surface area contributed by atoms with Crippen LogP contribution < -0.4 is 0 Å². The van der Waals surface area contributed by atoms with Crippen molar-refractivity contribution in [2.45, 2.75) is 20.3 Å². The predicted octanol–water partition coefficient (Wildman–Crippen LogP) is 26.5. The maximum Gasteiger partial charge on any atom is 3.00 e. The molecule has 0 bridgehead atoms. The number of rotatable bonds is 13. The topological polar surface area (TPSA) is 103 Å². The zero-order valence-electron chi connectivity index (χ0n) is 67.0. The third-order valence-corrected chi connectivity index (χ3v) is 17.9. The molecule has 0 saturated carbocycles. The van der Waals surface area contributed by atoms with Crippen LogP contribution in [0.3, 0.4) is 0 Å². The second kappa shape index (κ2) is 52.4. The molecular weight excluding hydrogens is 2030 g/mol. The predicted molar refractivity (Wildman–Crippen MR) is 484 cm³/mol. The molecular formula is C110H83FIr3N8-2. The number of alkyl halides is 1. The van der Waals surface area contributed by atoms with Crippen molar-refractivity contribution >= 4 is 0 Å². The maximum atomic E-state index is 12.3. The van der Waals surface area contributed by atoms with Gasteiger partial charge in [-0.05, 0) is 130 Å². The van der Waals surface area contributed by atoms with E-state index >= 15 is 0 Å². The van der Waals surface area contributed by atoms with E-state index < -0.39 is 0 Å². The van der Waals surface area contributed by atoms with Gasteiger partial charge < -0.3 is 39.9 Å². The molecule has 0 amide bonds. The van der Waals surface area contributed by atoms with Crippen LogP contribution in [0.15, 0.2) is 444 Å². The van der Waals surface area contributed by atoms with E-state index in [4.69, 9.17) is 0 Å². The number of nitrogens with zero attached hydrogens (tertiary/aromatic N) is 8. The fourth-order valence-corrected chi connectivity index (χ4v) is 11.8. The molecule has 599 valence electrons. The molecule has 0 spiro atoms. The molecule has 8 nitrogen and oxygen atoms in total. The Balaban J connectivity index is 0.000000159. The number of benzene rings is 11. The van der Waals surface area contributed by atoms with E-state index in [-0.39, 0.29) is 67.0 Å². The minimum Gasteiger partial charge on any atom is -0.305 e. The molecule has 8 heterocycles. The maximum absolute atomic E-state index is 12.3. The summed E-state index contributed by atoms with van der Waals surface area (Å²) in [6.07, 6.45) is 13.0. The van der Waals surface area contributed by atoms with E-state index in [1.54, 1.807) is 37.2 Å². The first-order valence-electron chi connectivity index (χ1n) is 38.9. The third-order valence-electron chi connectivity index (χ3n) is 17.9. The van der Waals surface area contributed by atoms with Crippen LogP contribution in [-0.2, 0) is 66.7 Å². The van der Waals surface area contributed by atoms with Crippen LogP contribution in [-0.4, -0.2) is 46.5 Å². The number of pyridine rings is 8. The summed E-state index contributed by atoms with van der Waals surface area (Å²) in [5.74, 6) is 0. The Labute approximate surface area is 757 Å². The van der Waals surface area contributed by atoms with E-state index in [0.717, 1.165) is 112 Å². The van der Waals surface area contributed by atoms with Gasteiger partial charge in [-0.3, -0.25) is 4.39 Å². The fraction of sp³-hybridized carbons (Fsp3) is 0.0364. The van der Waals surface area contributed by atoms with Gasteiger partial charge in [-0.2, -0.15) is 0 Å². The van der Waals surface area contributed by atoms with Crippen LogP contribution in [0.25, 0.3) is 123 Å². The Morgan fingerprint density at radius 2 is 0.475 bits per heavy atom. The number of hydrogen-bond donors (Lipinski definition) is 0. The van der Waals surface area contributed by atoms with Crippen LogP contribution >= 0.6 is 0 Å². The second-order valence-electron chi connectivity index (χ2n) is 26.4. The van der Waals surface area contributed by atoms with Gasteiger partial charge in [0.25, 0.3) is 0 Å². The summed E-state index contributed by atoms with van der Waals surface area (Å²) >= 11 is 0. The van der Waals surface area contributed by atoms with Crippen molar-refractivity contribution in [2.75, 3.05) is 6.67 Å². The van der Waals surface area contributed by atoms with Gasteiger partial charge in [-0.1, -0.05) is 181 Å². The van der Waals surface area contributed by atoms with Crippen LogP contribution in [0.2, 0.25) is 0 Å². The first-order valence-corrected chi connectivity index (χ1v) is 38.9. The van der Waals surface area contributed by atoms with Gasteiger partial charge in [0, 0.05) is 75.6 Å². The largest absolute Gasteiger partial charge is 3.00 e. The molecule has 0 aliphatic heterocycles. The molecule has 0 fully saturated rings. The van der Waals surface area contributed by atoms with E-state index in [2.05, 4.69) is 162 Å². The minimum absolute atomic E-state index is 0. The molecule has 0 saturated heterocycles. The van der Waals surface area contributed by atoms with E-state index in [1.807, 2.05) is 347 Å². The minimum atomic E-state index is -0.316. The van der Waals surface area contributed by atoms with Crippen molar-refractivity contribution in [1.29, 1.82) is 0 Å². The Bertz CT molecular complexity index is 5500. The Morgan fingerprint density at radius 1 is 0.221 bits per heavy atom. The van der Waals surface area contributed by atoms with Crippen molar-refractivity contribution < 1.29 is 64.7 Å². The van der Waals surface area contributed by atoms with Gasteiger partial charge in [-0.25, -0.2) is 0 Å². The van der Waals surface area contributed by atoms with Crippen molar-refractivity contribution in [1.82, 2.24) is 39.9 Å². The molecule has 0 aliphatic rings. The molecule has 122 heavy (non-hydrogen) atoms. The first kappa shape index (κ1) is 92.4. The standard InChI is InChI=1S/C19H15FN.C18H14N.C17H12N.C12H10N.4C11H8N.3Ir/c20-12-11-15-7-9-16(10-8-15)17-4-3-5-18(14-17)19-6-1-2-13-21-19;1-14-8-10-15(11-9-14)16-5-4-6-17(13-16)18-7-2-3-12-19-18;1-2-7-14(8-3-1)15-9-6-10-16(13-15)17-11-4-5-12-18-17;1-10-6-5-9-12(13-10)11-7-3-2-4-8-11;4*1-2-6-10(7-3-1)11-8-4-5-9-12-11;;;/h1-4,6-10,13-14H,11-12H2;2-5,7-13H,1H3;1-9,11-13H;2-7,9H,1H3;4*1-6,8-9H;;;/q8*-1;;2*+3. The summed E-state index contributed by atoms with van der Waals surface area (Å²) in [5.41, 5.74) is 26.3. The van der Waals surface area contributed by atoms with Crippen LogP contribution in [0.1, 0.15) is 16.8 Å². The molecule has 11 aromatic carbocycles. The van der Waals surface area contributed by atoms with E-state index in [9.17, 15) is 4.39 Å². The van der Waals surface area contributed by atoms with Crippen molar-refractivity contribution in [3.05, 3.63) is 509 Å². The van der Waals surface area contributed by atoms with Gasteiger partial charge in [0.2, 0.25) is 0 Å². The quantitative estimate of drug-likeness (QED) is 0.105. The third kappa shape index (κ3) is 30.4. The molecule has 0 N–H and O–H groups in total. The number of aryl methyl sites for hydroxylation is 3. The number of hydrogen-bond acceptors (Lipinski definition) is 8. The Hall–Kier alpha value is -13.5. The van der Waals surface area contributed by atoms with Crippen molar-refractivity contribution in [2.24, 2.45) is 0 Å².